The quantitative estimate of drug-likeness (QED) is 0.756. The fraction of sp³-hybridized carbons (Fsp3) is 0.364. The summed E-state index contributed by atoms with van der Waals surface area (Å²) in [5, 5.41) is 2.68. The average Bonchev–Trinajstić information content (AvgIpc) is 3.16. The number of nitrogens with zero attached hydrogens (tertiary/aromatic N) is 1. The summed E-state index contributed by atoms with van der Waals surface area (Å²) >= 11 is 0. The second kappa shape index (κ2) is 8.33. The Morgan fingerprint density at radius 2 is 1.74 bits per heavy atom. The first kappa shape index (κ1) is 19.1. The van der Waals surface area contributed by atoms with Crippen LogP contribution >= 0.6 is 0 Å². The zero-order valence-electron chi connectivity index (χ0n) is 15.8. The largest absolute Gasteiger partial charge is 0.369 e. The van der Waals surface area contributed by atoms with Crippen LogP contribution in [0.1, 0.15) is 47.2 Å². The highest BCUT2D eigenvalue weighted by Gasteiger charge is 2.17. The zero-order valence-corrected chi connectivity index (χ0v) is 15.8. The Labute approximate surface area is 159 Å². The Bertz CT molecular complexity index is 857. The third kappa shape index (κ3) is 4.73. The Kier molecular flexibility index (Phi) is 5.89. The molecule has 0 radical (unpaired) electrons. The van der Waals surface area contributed by atoms with Crippen molar-refractivity contribution in [2.75, 3.05) is 23.3 Å². The van der Waals surface area contributed by atoms with Crippen LogP contribution in [-0.4, -0.2) is 24.8 Å². The number of benzene rings is 2. The SMILES string of the molecule is Cc1ccc(C(=O)CCC(=O)Nc2ccc(N3CCCC3)c(F)c2)cc1C. The Hall–Kier alpha value is -2.69. The lowest BCUT2D eigenvalue weighted by atomic mass is 10.0. The molecule has 5 heteroatoms. The van der Waals surface area contributed by atoms with E-state index in [2.05, 4.69) is 5.32 Å². The van der Waals surface area contributed by atoms with Gasteiger partial charge in [-0.15, -0.1) is 0 Å². The van der Waals surface area contributed by atoms with Crippen LogP contribution in [0.15, 0.2) is 36.4 Å². The summed E-state index contributed by atoms with van der Waals surface area (Å²) in [5.74, 6) is -0.690. The summed E-state index contributed by atoms with van der Waals surface area (Å²) in [5.41, 5.74) is 3.80. The van der Waals surface area contributed by atoms with E-state index in [1.807, 2.05) is 30.9 Å². The maximum Gasteiger partial charge on any atom is 0.224 e. The van der Waals surface area contributed by atoms with Crippen molar-refractivity contribution in [3.8, 4) is 0 Å². The first-order valence-corrected chi connectivity index (χ1v) is 9.39. The lowest BCUT2D eigenvalue weighted by Gasteiger charge is -2.18. The molecule has 0 aromatic heterocycles. The number of hydrogen-bond donors (Lipinski definition) is 1. The van der Waals surface area contributed by atoms with E-state index in [0.717, 1.165) is 37.1 Å². The van der Waals surface area contributed by atoms with Crippen molar-refractivity contribution in [3.63, 3.8) is 0 Å². The lowest BCUT2D eigenvalue weighted by molar-refractivity contribution is -0.116. The molecule has 0 saturated carbocycles. The first-order valence-electron chi connectivity index (χ1n) is 9.39. The maximum atomic E-state index is 14.3. The molecular weight excluding hydrogens is 343 g/mol. The standard InChI is InChI=1S/C22H25FN2O2/c1-15-5-6-17(13-16(15)2)21(26)9-10-22(27)24-18-7-8-20(19(23)14-18)25-11-3-4-12-25/h5-8,13-14H,3-4,9-12H2,1-2H3,(H,24,27). The molecule has 1 saturated heterocycles. The predicted molar refractivity (Wildman–Crippen MR) is 106 cm³/mol. The summed E-state index contributed by atoms with van der Waals surface area (Å²) in [6.45, 7) is 5.68. The number of nitrogens with one attached hydrogen (secondary N) is 1. The minimum absolute atomic E-state index is 0.0659. The fourth-order valence-electron chi connectivity index (χ4n) is 3.31. The number of Topliss-reactive ketones (excluding diaryl/α,β-unsaturated/α-hetero) is 1. The molecular formula is C22H25FN2O2. The van der Waals surface area contributed by atoms with E-state index in [9.17, 15) is 14.0 Å². The van der Waals surface area contributed by atoms with Gasteiger partial charge < -0.3 is 10.2 Å². The third-order valence-corrected chi connectivity index (χ3v) is 5.09. The van der Waals surface area contributed by atoms with E-state index in [1.54, 1.807) is 18.2 Å². The minimum Gasteiger partial charge on any atom is -0.369 e. The van der Waals surface area contributed by atoms with Gasteiger partial charge in [0.15, 0.2) is 5.78 Å². The number of ketones is 1. The predicted octanol–water partition coefficient (Wildman–Crippen LogP) is 4.64. The minimum atomic E-state index is -0.332. The third-order valence-electron chi connectivity index (χ3n) is 5.09. The summed E-state index contributed by atoms with van der Waals surface area (Å²) in [7, 11) is 0. The number of amides is 1. The Morgan fingerprint density at radius 3 is 2.41 bits per heavy atom. The van der Waals surface area contributed by atoms with E-state index in [1.165, 1.54) is 6.07 Å². The van der Waals surface area contributed by atoms with Crippen LogP contribution < -0.4 is 10.2 Å². The van der Waals surface area contributed by atoms with Crippen molar-refractivity contribution in [2.24, 2.45) is 0 Å². The topological polar surface area (TPSA) is 49.4 Å². The molecule has 27 heavy (non-hydrogen) atoms. The van der Waals surface area contributed by atoms with Crippen LogP contribution in [0.2, 0.25) is 0 Å². The van der Waals surface area contributed by atoms with Crippen LogP contribution in [0.3, 0.4) is 0 Å². The van der Waals surface area contributed by atoms with E-state index in [4.69, 9.17) is 0 Å². The van der Waals surface area contributed by atoms with Crippen molar-refractivity contribution >= 4 is 23.1 Å². The highest BCUT2D eigenvalue weighted by molar-refractivity contribution is 6.00. The van der Waals surface area contributed by atoms with Crippen molar-refractivity contribution in [1.29, 1.82) is 0 Å². The maximum absolute atomic E-state index is 14.3. The molecule has 1 aliphatic rings. The van der Waals surface area contributed by atoms with Gasteiger partial charge in [0.05, 0.1) is 5.69 Å². The van der Waals surface area contributed by atoms with Gasteiger partial charge in [-0.05, 0) is 62.1 Å². The molecule has 4 nitrogen and oxygen atoms in total. The summed E-state index contributed by atoms with van der Waals surface area (Å²) in [6, 6.07) is 10.3. The second-order valence-electron chi connectivity index (χ2n) is 7.13. The molecule has 0 unspecified atom stereocenters. The van der Waals surface area contributed by atoms with Gasteiger partial charge in [-0.25, -0.2) is 4.39 Å². The van der Waals surface area contributed by atoms with Gasteiger partial charge in [-0.3, -0.25) is 9.59 Å². The first-order chi connectivity index (χ1) is 12.9. The highest BCUT2D eigenvalue weighted by atomic mass is 19.1. The zero-order chi connectivity index (χ0) is 19.4. The molecule has 1 heterocycles. The molecule has 1 aliphatic heterocycles. The molecule has 1 N–H and O–H groups in total. The fourth-order valence-corrected chi connectivity index (χ4v) is 3.31. The monoisotopic (exact) mass is 368 g/mol. The van der Waals surface area contributed by atoms with Gasteiger partial charge in [0.2, 0.25) is 5.91 Å². The number of anilines is 2. The molecule has 1 fully saturated rings. The molecule has 1 amide bonds. The van der Waals surface area contributed by atoms with Crippen LogP contribution in [0.4, 0.5) is 15.8 Å². The van der Waals surface area contributed by atoms with E-state index in [-0.39, 0.29) is 30.3 Å². The number of halogens is 1. The molecule has 0 aliphatic carbocycles. The van der Waals surface area contributed by atoms with Crippen LogP contribution in [0.25, 0.3) is 0 Å². The molecule has 0 bridgehead atoms. The van der Waals surface area contributed by atoms with Crippen molar-refractivity contribution in [3.05, 3.63) is 58.9 Å². The number of aryl methyl sites for hydroxylation is 2. The van der Waals surface area contributed by atoms with Gasteiger partial charge >= 0.3 is 0 Å². The van der Waals surface area contributed by atoms with Crippen molar-refractivity contribution in [1.82, 2.24) is 0 Å². The Balaban J connectivity index is 1.55. The lowest BCUT2D eigenvalue weighted by Crippen LogP contribution is -2.19. The van der Waals surface area contributed by atoms with Crippen LogP contribution in [-0.2, 0) is 4.79 Å². The molecule has 2 aromatic carbocycles. The number of carbonyl (C=O) groups is 2. The summed E-state index contributed by atoms with van der Waals surface area (Å²) in [4.78, 5) is 26.4. The van der Waals surface area contributed by atoms with Crippen molar-refractivity contribution < 1.29 is 14.0 Å². The van der Waals surface area contributed by atoms with Gasteiger partial charge in [0, 0.05) is 37.2 Å². The Morgan fingerprint density at radius 1 is 1.00 bits per heavy atom. The van der Waals surface area contributed by atoms with Gasteiger partial charge in [-0.2, -0.15) is 0 Å². The summed E-state index contributed by atoms with van der Waals surface area (Å²) < 4.78 is 14.3. The highest BCUT2D eigenvalue weighted by Crippen LogP contribution is 2.26. The molecule has 0 spiro atoms. The van der Waals surface area contributed by atoms with Gasteiger partial charge in [0.25, 0.3) is 0 Å². The smallest absolute Gasteiger partial charge is 0.224 e. The van der Waals surface area contributed by atoms with E-state index < -0.39 is 0 Å². The van der Waals surface area contributed by atoms with Crippen LogP contribution in [0, 0.1) is 19.7 Å². The van der Waals surface area contributed by atoms with Gasteiger partial charge in [-0.1, -0.05) is 12.1 Å². The second-order valence-corrected chi connectivity index (χ2v) is 7.13. The van der Waals surface area contributed by atoms with E-state index >= 15 is 0 Å². The van der Waals surface area contributed by atoms with Crippen LogP contribution in [0.5, 0.6) is 0 Å². The molecule has 3 rings (SSSR count). The average molecular weight is 368 g/mol. The number of rotatable bonds is 6. The van der Waals surface area contributed by atoms with Crippen molar-refractivity contribution in [2.45, 2.75) is 39.5 Å². The number of carbonyl (C=O) groups excluding carboxylic acids is 2. The van der Waals surface area contributed by atoms with Gasteiger partial charge in [0.1, 0.15) is 5.82 Å². The normalized spacial score (nSPS) is 13.7. The molecule has 0 atom stereocenters. The summed E-state index contributed by atoms with van der Waals surface area (Å²) in [6.07, 6.45) is 2.35. The molecule has 142 valence electrons. The van der Waals surface area contributed by atoms with E-state index in [0.29, 0.717) is 16.9 Å². The number of hydrogen-bond acceptors (Lipinski definition) is 3. The molecule has 2 aromatic rings.